The van der Waals surface area contributed by atoms with E-state index in [2.05, 4.69) is 10.1 Å². The smallest absolute Gasteiger partial charge is 0.306 e. The van der Waals surface area contributed by atoms with Crippen LogP contribution in [0.3, 0.4) is 0 Å². The Kier molecular flexibility index (Phi) is 6.28. The van der Waals surface area contributed by atoms with Gasteiger partial charge < -0.3 is 9.26 Å². The third-order valence-corrected chi connectivity index (χ3v) is 4.22. The number of nitro benzene ring substituents is 1. The van der Waals surface area contributed by atoms with Gasteiger partial charge in [-0.1, -0.05) is 17.3 Å². The third kappa shape index (κ3) is 5.22. The van der Waals surface area contributed by atoms with Gasteiger partial charge in [-0.15, -0.1) is 0 Å². The van der Waals surface area contributed by atoms with E-state index < -0.39 is 17.0 Å². The van der Waals surface area contributed by atoms with Crippen molar-refractivity contribution in [2.24, 2.45) is 0 Å². The summed E-state index contributed by atoms with van der Waals surface area (Å²) in [5, 5.41) is 14.9. The highest BCUT2D eigenvalue weighted by Gasteiger charge is 2.21. The number of carbonyl (C=O) groups is 1. The van der Waals surface area contributed by atoms with Crippen molar-refractivity contribution >= 4 is 11.7 Å². The highest BCUT2D eigenvalue weighted by atomic mass is 19.1. The molecule has 0 aliphatic carbocycles. The second kappa shape index (κ2) is 9.05. The van der Waals surface area contributed by atoms with Gasteiger partial charge in [0.2, 0.25) is 11.7 Å². The summed E-state index contributed by atoms with van der Waals surface area (Å²) in [6, 6.07) is 11.8. The summed E-state index contributed by atoms with van der Waals surface area (Å²) in [5.74, 6) is -0.142. The predicted octanol–water partition coefficient (Wildman–Crippen LogP) is 4.41. The highest BCUT2D eigenvalue weighted by Crippen LogP contribution is 2.27. The number of nitro groups is 1. The van der Waals surface area contributed by atoms with Gasteiger partial charge in [0.1, 0.15) is 11.9 Å². The van der Waals surface area contributed by atoms with Crippen molar-refractivity contribution in [3.05, 3.63) is 75.9 Å². The normalized spacial score (nSPS) is 11.8. The summed E-state index contributed by atoms with van der Waals surface area (Å²) < 4.78 is 23.4. The Hall–Kier alpha value is -3.62. The Labute approximate surface area is 165 Å². The lowest BCUT2D eigenvalue weighted by Gasteiger charge is -2.13. The maximum atomic E-state index is 13.0. The van der Waals surface area contributed by atoms with Crippen LogP contribution in [0, 0.1) is 15.9 Å². The number of hydrogen-bond acceptors (Lipinski definition) is 7. The molecular weight excluding hydrogens is 381 g/mol. The van der Waals surface area contributed by atoms with Crippen molar-refractivity contribution in [3.8, 4) is 11.4 Å². The second-order valence-electron chi connectivity index (χ2n) is 6.32. The molecule has 1 heterocycles. The molecule has 0 N–H and O–H groups in total. The van der Waals surface area contributed by atoms with Gasteiger partial charge in [0, 0.05) is 24.5 Å². The molecule has 0 amide bonds. The molecular formula is C20H18FN3O5. The number of halogens is 1. The summed E-state index contributed by atoms with van der Waals surface area (Å²) in [6.45, 7) is 1.59. The fourth-order valence-electron chi connectivity index (χ4n) is 2.77. The summed E-state index contributed by atoms with van der Waals surface area (Å²) in [7, 11) is 0. The molecule has 1 atom stereocenters. The molecule has 150 valence electrons. The first-order valence-electron chi connectivity index (χ1n) is 8.95. The largest absolute Gasteiger partial charge is 0.458 e. The number of rotatable bonds is 8. The van der Waals surface area contributed by atoms with E-state index >= 15 is 0 Å². The third-order valence-electron chi connectivity index (χ3n) is 4.22. The lowest BCUT2D eigenvalue weighted by atomic mass is 10.1. The van der Waals surface area contributed by atoms with Gasteiger partial charge >= 0.3 is 5.97 Å². The van der Waals surface area contributed by atoms with Crippen molar-refractivity contribution < 1.29 is 23.4 Å². The van der Waals surface area contributed by atoms with E-state index in [1.807, 2.05) is 0 Å². The fourth-order valence-corrected chi connectivity index (χ4v) is 2.77. The summed E-state index contributed by atoms with van der Waals surface area (Å²) in [6.07, 6.45) is 0.133. The quantitative estimate of drug-likeness (QED) is 0.313. The molecule has 8 nitrogen and oxygen atoms in total. The Morgan fingerprint density at radius 2 is 1.97 bits per heavy atom. The zero-order chi connectivity index (χ0) is 20.8. The van der Waals surface area contributed by atoms with E-state index in [0.29, 0.717) is 35.7 Å². The first-order valence-corrected chi connectivity index (χ1v) is 8.95. The number of para-hydroxylation sites is 1. The van der Waals surface area contributed by atoms with E-state index in [0.717, 1.165) is 0 Å². The van der Waals surface area contributed by atoms with Crippen LogP contribution in [0.1, 0.15) is 37.3 Å². The zero-order valence-electron chi connectivity index (χ0n) is 15.6. The van der Waals surface area contributed by atoms with Crippen LogP contribution >= 0.6 is 0 Å². The Balaban J connectivity index is 1.50. The van der Waals surface area contributed by atoms with Crippen LogP contribution in [-0.2, 0) is 16.0 Å². The van der Waals surface area contributed by atoms with Crippen LogP contribution in [0.15, 0.2) is 53.1 Å². The molecule has 0 saturated carbocycles. The van der Waals surface area contributed by atoms with Crippen LogP contribution < -0.4 is 0 Å². The molecule has 0 spiro atoms. The predicted molar refractivity (Wildman–Crippen MR) is 100 cm³/mol. The zero-order valence-corrected chi connectivity index (χ0v) is 15.6. The van der Waals surface area contributed by atoms with E-state index in [4.69, 9.17) is 9.26 Å². The summed E-state index contributed by atoms with van der Waals surface area (Å²) >= 11 is 0. The molecule has 0 aliphatic rings. The van der Waals surface area contributed by atoms with Crippen molar-refractivity contribution in [3.63, 3.8) is 0 Å². The number of hydrogen-bond donors (Lipinski definition) is 0. The minimum atomic E-state index is -0.738. The van der Waals surface area contributed by atoms with Gasteiger partial charge in [-0.05, 0) is 43.7 Å². The molecule has 0 aliphatic heterocycles. The van der Waals surface area contributed by atoms with Crippen molar-refractivity contribution in [2.75, 3.05) is 0 Å². The van der Waals surface area contributed by atoms with Crippen LogP contribution in [0.5, 0.6) is 0 Å². The molecule has 3 aromatic rings. The SMILES string of the molecule is CC(OC(=O)CCCc1nc(-c2ccc(F)cc2)no1)c1ccccc1[N+](=O)[O-]. The molecule has 2 aromatic carbocycles. The monoisotopic (exact) mass is 399 g/mol. The summed E-state index contributed by atoms with van der Waals surface area (Å²) in [5.41, 5.74) is 0.873. The molecule has 29 heavy (non-hydrogen) atoms. The van der Waals surface area contributed by atoms with E-state index in [-0.39, 0.29) is 17.9 Å². The molecule has 9 heteroatoms. The fraction of sp³-hybridized carbons (Fsp3) is 0.250. The molecule has 1 aromatic heterocycles. The minimum absolute atomic E-state index is 0.0908. The number of aryl methyl sites for hydroxylation is 1. The van der Waals surface area contributed by atoms with E-state index in [1.54, 1.807) is 37.3 Å². The van der Waals surface area contributed by atoms with Crippen LogP contribution in [0.2, 0.25) is 0 Å². The van der Waals surface area contributed by atoms with Crippen LogP contribution in [-0.4, -0.2) is 21.0 Å². The van der Waals surface area contributed by atoms with Gasteiger partial charge in [-0.25, -0.2) is 4.39 Å². The van der Waals surface area contributed by atoms with Crippen molar-refractivity contribution in [2.45, 2.75) is 32.3 Å². The Morgan fingerprint density at radius 1 is 1.24 bits per heavy atom. The average molecular weight is 399 g/mol. The number of aromatic nitrogens is 2. The number of esters is 1. The standard InChI is InChI=1S/C20H18FN3O5/c1-13(16-5-2-3-6-17(16)24(26)27)28-19(25)8-4-7-18-22-20(23-29-18)14-9-11-15(21)12-10-14/h2-3,5-6,9-13H,4,7-8H2,1H3. The van der Waals surface area contributed by atoms with E-state index in [1.165, 1.54) is 18.2 Å². The van der Waals surface area contributed by atoms with Gasteiger partial charge in [0.05, 0.1) is 10.5 Å². The Bertz CT molecular complexity index is 1000. The first kappa shape index (κ1) is 20.1. The molecule has 0 radical (unpaired) electrons. The molecule has 0 bridgehead atoms. The minimum Gasteiger partial charge on any atom is -0.458 e. The first-order chi connectivity index (χ1) is 13.9. The van der Waals surface area contributed by atoms with Gasteiger partial charge in [-0.3, -0.25) is 14.9 Å². The number of nitrogens with zero attached hydrogens (tertiary/aromatic N) is 3. The Morgan fingerprint density at radius 3 is 2.69 bits per heavy atom. The summed E-state index contributed by atoms with van der Waals surface area (Å²) in [4.78, 5) is 26.9. The number of carbonyl (C=O) groups excluding carboxylic acids is 1. The molecule has 0 fully saturated rings. The number of ether oxygens (including phenoxy) is 1. The van der Waals surface area contributed by atoms with Gasteiger partial charge in [-0.2, -0.15) is 4.98 Å². The van der Waals surface area contributed by atoms with Gasteiger partial charge in [0.25, 0.3) is 5.69 Å². The lowest BCUT2D eigenvalue weighted by Crippen LogP contribution is -2.10. The lowest BCUT2D eigenvalue weighted by molar-refractivity contribution is -0.386. The van der Waals surface area contributed by atoms with E-state index in [9.17, 15) is 19.3 Å². The molecule has 3 rings (SSSR count). The maximum absolute atomic E-state index is 13.0. The van der Waals surface area contributed by atoms with Crippen LogP contribution in [0.4, 0.5) is 10.1 Å². The highest BCUT2D eigenvalue weighted by molar-refractivity contribution is 5.69. The topological polar surface area (TPSA) is 108 Å². The molecule has 1 unspecified atom stereocenters. The number of benzene rings is 2. The van der Waals surface area contributed by atoms with Crippen molar-refractivity contribution in [1.29, 1.82) is 0 Å². The molecule has 0 saturated heterocycles. The van der Waals surface area contributed by atoms with Gasteiger partial charge in [0.15, 0.2) is 0 Å². The van der Waals surface area contributed by atoms with Crippen molar-refractivity contribution in [1.82, 2.24) is 10.1 Å². The second-order valence-corrected chi connectivity index (χ2v) is 6.32. The maximum Gasteiger partial charge on any atom is 0.306 e. The van der Waals surface area contributed by atoms with Crippen LogP contribution in [0.25, 0.3) is 11.4 Å². The average Bonchev–Trinajstić information content (AvgIpc) is 3.17.